The second-order valence-corrected chi connectivity index (χ2v) is 4.57. The van der Waals surface area contributed by atoms with Crippen LogP contribution in [0, 0.1) is 6.92 Å². The molecule has 0 saturated heterocycles. The first-order valence-corrected chi connectivity index (χ1v) is 6.57. The van der Waals surface area contributed by atoms with Gasteiger partial charge in [-0.2, -0.15) is 0 Å². The van der Waals surface area contributed by atoms with Crippen molar-refractivity contribution in [1.29, 1.82) is 0 Å². The Hall–Kier alpha value is -2.40. The number of aliphatic hydroxyl groups excluding tert-OH is 1. The molecule has 0 aliphatic rings. The van der Waals surface area contributed by atoms with Gasteiger partial charge in [-0.25, -0.2) is 0 Å². The number of nitrogens with zero attached hydrogens (tertiary/aromatic N) is 2. The first-order chi connectivity index (χ1) is 10.2. The lowest BCUT2D eigenvalue weighted by Gasteiger charge is -2.08. The summed E-state index contributed by atoms with van der Waals surface area (Å²) >= 11 is 0. The lowest BCUT2D eigenvalue weighted by Crippen LogP contribution is -1.98. The molecular weight excluding hydrogens is 268 g/mol. The van der Waals surface area contributed by atoms with Gasteiger partial charge >= 0.3 is 0 Å². The number of rotatable bonds is 5. The second kappa shape index (κ2) is 6.85. The highest BCUT2D eigenvalue weighted by Gasteiger charge is 2.09. The zero-order chi connectivity index (χ0) is 15.2. The molecule has 0 spiro atoms. The van der Waals surface area contributed by atoms with E-state index in [1.807, 2.05) is 24.3 Å². The van der Waals surface area contributed by atoms with E-state index >= 15 is 0 Å². The van der Waals surface area contributed by atoms with Crippen molar-refractivity contribution in [2.75, 3.05) is 7.11 Å². The quantitative estimate of drug-likeness (QED) is 0.826. The molecule has 1 aromatic carbocycles. The van der Waals surface area contributed by atoms with Gasteiger partial charge in [0.25, 0.3) is 0 Å². The first-order valence-electron chi connectivity index (χ1n) is 6.57. The molecule has 5 heteroatoms. The van der Waals surface area contributed by atoms with Crippen LogP contribution in [-0.4, -0.2) is 28.5 Å². The summed E-state index contributed by atoms with van der Waals surface area (Å²) in [5.74, 6) is 0.817. The fraction of sp³-hybridized carbons (Fsp3) is 0.250. The number of benzene rings is 1. The van der Waals surface area contributed by atoms with Crippen molar-refractivity contribution in [2.24, 2.45) is 4.99 Å². The van der Waals surface area contributed by atoms with Crippen LogP contribution in [0.2, 0.25) is 0 Å². The van der Waals surface area contributed by atoms with Gasteiger partial charge in [-0.1, -0.05) is 18.2 Å². The number of ether oxygens (including phenoxy) is 1. The molecule has 0 aliphatic heterocycles. The summed E-state index contributed by atoms with van der Waals surface area (Å²) in [6.07, 6.45) is 3.10. The summed E-state index contributed by atoms with van der Waals surface area (Å²) in [4.78, 5) is 8.34. The maximum Gasteiger partial charge on any atom is 0.145 e. The van der Waals surface area contributed by atoms with Crippen LogP contribution in [0.1, 0.15) is 22.4 Å². The highest BCUT2D eigenvalue weighted by atomic mass is 16.5. The van der Waals surface area contributed by atoms with Gasteiger partial charge in [-0.05, 0) is 13.0 Å². The molecule has 21 heavy (non-hydrogen) atoms. The molecular formula is C16H18N2O3. The van der Waals surface area contributed by atoms with Crippen LogP contribution in [0.5, 0.6) is 11.5 Å². The first kappa shape index (κ1) is 15.0. The molecule has 1 aromatic heterocycles. The van der Waals surface area contributed by atoms with E-state index in [1.165, 1.54) is 0 Å². The van der Waals surface area contributed by atoms with Crippen LogP contribution in [0.25, 0.3) is 0 Å². The number of aliphatic hydroxyl groups is 1. The molecule has 0 fully saturated rings. The number of aliphatic imine (C=N–C) groups is 1. The summed E-state index contributed by atoms with van der Waals surface area (Å²) in [6.45, 7) is 1.93. The minimum atomic E-state index is -0.198. The fourth-order valence-corrected chi connectivity index (χ4v) is 1.99. The molecule has 110 valence electrons. The number of aromatic nitrogens is 1. The van der Waals surface area contributed by atoms with Crippen LogP contribution in [0.15, 0.2) is 35.5 Å². The predicted octanol–water partition coefficient (Wildman–Crippen LogP) is 2.22. The standard InChI is InChI=1S/C16H18N2O3/c1-11-16(20)14(13(10-19)8-18-11)9-17-7-12-5-3-4-6-15(12)21-2/h3-6,8-9,19-20H,7,10H2,1-2H3. The summed E-state index contributed by atoms with van der Waals surface area (Å²) in [5, 5.41) is 19.3. The van der Waals surface area contributed by atoms with Gasteiger partial charge < -0.3 is 14.9 Å². The number of methoxy groups -OCH3 is 1. The van der Waals surface area contributed by atoms with Crippen molar-refractivity contribution in [3.63, 3.8) is 0 Å². The maximum absolute atomic E-state index is 10.0. The van der Waals surface area contributed by atoms with Crippen LogP contribution >= 0.6 is 0 Å². The zero-order valence-electron chi connectivity index (χ0n) is 12.1. The Morgan fingerprint density at radius 3 is 2.76 bits per heavy atom. The number of hydrogen-bond acceptors (Lipinski definition) is 5. The van der Waals surface area contributed by atoms with Crippen molar-refractivity contribution in [3.05, 3.63) is 52.8 Å². The Morgan fingerprint density at radius 2 is 2.05 bits per heavy atom. The molecule has 0 unspecified atom stereocenters. The Morgan fingerprint density at radius 1 is 1.29 bits per heavy atom. The predicted molar refractivity (Wildman–Crippen MR) is 80.9 cm³/mol. The SMILES string of the molecule is COc1ccccc1CN=Cc1c(CO)cnc(C)c1O. The van der Waals surface area contributed by atoms with Gasteiger partial charge in [-0.15, -0.1) is 0 Å². The number of aryl methyl sites for hydroxylation is 1. The lowest BCUT2D eigenvalue weighted by atomic mass is 10.1. The minimum Gasteiger partial charge on any atom is -0.505 e. The van der Waals surface area contributed by atoms with Gasteiger partial charge in [0.05, 0.1) is 26.0 Å². The third-order valence-electron chi connectivity index (χ3n) is 3.20. The Bertz CT molecular complexity index is 654. The van der Waals surface area contributed by atoms with Gasteiger partial charge in [0.15, 0.2) is 0 Å². The normalized spacial score (nSPS) is 11.0. The van der Waals surface area contributed by atoms with Crippen molar-refractivity contribution < 1.29 is 14.9 Å². The van der Waals surface area contributed by atoms with Gasteiger partial charge in [0.1, 0.15) is 11.5 Å². The Kier molecular flexibility index (Phi) is 4.90. The number of aromatic hydroxyl groups is 1. The molecule has 0 bridgehead atoms. The highest BCUT2D eigenvalue weighted by Crippen LogP contribution is 2.23. The number of pyridine rings is 1. The van der Waals surface area contributed by atoms with E-state index in [2.05, 4.69) is 9.98 Å². The molecule has 0 amide bonds. The minimum absolute atomic E-state index is 0.0466. The fourth-order valence-electron chi connectivity index (χ4n) is 1.99. The van der Waals surface area contributed by atoms with Crippen LogP contribution in [0.4, 0.5) is 0 Å². The molecule has 0 saturated carbocycles. The smallest absolute Gasteiger partial charge is 0.145 e. The second-order valence-electron chi connectivity index (χ2n) is 4.57. The molecule has 2 rings (SSSR count). The van der Waals surface area contributed by atoms with E-state index in [-0.39, 0.29) is 12.4 Å². The molecule has 2 aromatic rings. The van der Waals surface area contributed by atoms with E-state index in [9.17, 15) is 10.2 Å². The van der Waals surface area contributed by atoms with Crippen molar-refractivity contribution in [3.8, 4) is 11.5 Å². The summed E-state index contributed by atoms with van der Waals surface area (Å²) in [5.41, 5.74) is 2.50. The third kappa shape index (κ3) is 3.38. The zero-order valence-corrected chi connectivity index (χ0v) is 12.1. The van der Waals surface area contributed by atoms with Gasteiger partial charge in [0.2, 0.25) is 0 Å². The molecule has 0 atom stereocenters. The Labute approximate surface area is 123 Å². The number of para-hydroxylation sites is 1. The molecule has 2 N–H and O–H groups in total. The maximum atomic E-state index is 10.0. The van der Waals surface area contributed by atoms with Gasteiger partial charge in [0, 0.05) is 29.1 Å². The number of hydrogen-bond donors (Lipinski definition) is 2. The lowest BCUT2D eigenvalue weighted by molar-refractivity contribution is 0.280. The van der Waals surface area contributed by atoms with E-state index in [4.69, 9.17) is 4.74 Å². The van der Waals surface area contributed by atoms with Gasteiger partial charge in [-0.3, -0.25) is 9.98 Å². The molecule has 0 aliphatic carbocycles. The largest absolute Gasteiger partial charge is 0.505 e. The topological polar surface area (TPSA) is 74.9 Å². The van der Waals surface area contributed by atoms with Crippen LogP contribution in [0.3, 0.4) is 0 Å². The monoisotopic (exact) mass is 286 g/mol. The van der Waals surface area contributed by atoms with E-state index < -0.39 is 0 Å². The molecule has 0 radical (unpaired) electrons. The summed E-state index contributed by atoms with van der Waals surface area (Å²) in [7, 11) is 1.62. The van der Waals surface area contributed by atoms with Crippen molar-refractivity contribution in [1.82, 2.24) is 4.98 Å². The Balaban J connectivity index is 2.24. The summed E-state index contributed by atoms with van der Waals surface area (Å²) < 4.78 is 5.26. The average Bonchev–Trinajstić information content (AvgIpc) is 2.52. The molecule has 5 nitrogen and oxygen atoms in total. The van der Waals surface area contributed by atoms with Crippen molar-refractivity contribution in [2.45, 2.75) is 20.1 Å². The van der Waals surface area contributed by atoms with Crippen LogP contribution < -0.4 is 4.74 Å². The summed E-state index contributed by atoms with van der Waals surface area (Å²) in [6, 6.07) is 7.62. The average molecular weight is 286 g/mol. The third-order valence-corrected chi connectivity index (χ3v) is 3.20. The molecule has 1 heterocycles. The van der Waals surface area contributed by atoms with E-state index in [0.717, 1.165) is 11.3 Å². The van der Waals surface area contributed by atoms with E-state index in [1.54, 1.807) is 26.4 Å². The van der Waals surface area contributed by atoms with Crippen molar-refractivity contribution >= 4 is 6.21 Å². The van der Waals surface area contributed by atoms with E-state index in [0.29, 0.717) is 23.4 Å². The van der Waals surface area contributed by atoms with Crippen LogP contribution in [-0.2, 0) is 13.2 Å². The highest BCUT2D eigenvalue weighted by molar-refractivity contribution is 5.85.